The van der Waals surface area contributed by atoms with Gasteiger partial charge in [0.05, 0.1) is 21.1 Å². The Bertz CT molecular complexity index is 1220. The van der Waals surface area contributed by atoms with E-state index in [1.54, 1.807) is 54.6 Å². The van der Waals surface area contributed by atoms with Crippen molar-refractivity contribution in [2.45, 2.75) is 0 Å². The van der Waals surface area contributed by atoms with Crippen LogP contribution in [0.1, 0.15) is 15.9 Å². The van der Waals surface area contributed by atoms with Crippen LogP contribution in [-0.2, 0) is 14.8 Å². The first-order valence-electron chi connectivity index (χ1n) is 8.50. The first-order chi connectivity index (χ1) is 13.9. The summed E-state index contributed by atoms with van der Waals surface area (Å²) in [5.41, 5.74) is 1.00. The number of hydrogen-bond acceptors (Lipinski definition) is 5. The van der Waals surface area contributed by atoms with Gasteiger partial charge in [0.25, 0.3) is 10.0 Å². The molecule has 0 radical (unpaired) electrons. The minimum absolute atomic E-state index is 0.0785. The van der Waals surface area contributed by atoms with Crippen molar-refractivity contribution in [3.63, 3.8) is 0 Å². The van der Waals surface area contributed by atoms with E-state index in [1.165, 1.54) is 0 Å². The van der Waals surface area contributed by atoms with Crippen molar-refractivity contribution in [2.24, 2.45) is 0 Å². The second-order valence-electron chi connectivity index (χ2n) is 6.12. The molecular weight excluding hydrogens is 458 g/mol. The third-order valence-electron chi connectivity index (χ3n) is 4.05. The van der Waals surface area contributed by atoms with Gasteiger partial charge in [-0.2, -0.15) is 0 Å². The Labute approximate surface area is 176 Å². The van der Waals surface area contributed by atoms with Crippen molar-refractivity contribution in [1.29, 1.82) is 0 Å². The van der Waals surface area contributed by atoms with Crippen LogP contribution in [0.4, 0.5) is 5.69 Å². The fourth-order valence-corrected chi connectivity index (χ4v) is 4.10. The van der Waals surface area contributed by atoms with E-state index in [-0.39, 0.29) is 5.76 Å². The first-order valence-corrected chi connectivity index (χ1v) is 10.8. The zero-order chi connectivity index (χ0) is 20.4. The average Bonchev–Trinajstić information content (AvgIpc) is 2.70. The van der Waals surface area contributed by atoms with Gasteiger partial charge in [-0.1, -0.05) is 30.3 Å². The van der Waals surface area contributed by atoms with Crippen LogP contribution >= 0.6 is 15.9 Å². The van der Waals surface area contributed by atoms with Crippen molar-refractivity contribution in [1.82, 2.24) is 0 Å². The minimum atomic E-state index is -3.79. The Hall–Kier alpha value is -3.10. The lowest BCUT2D eigenvalue weighted by atomic mass is 10.1. The van der Waals surface area contributed by atoms with Crippen LogP contribution in [0.25, 0.3) is 5.76 Å². The van der Waals surface area contributed by atoms with E-state index < -0.39 is 16.0 Å². The third kappa shape index (κ3) is 4.33. The highest BCUT2D eigenvalue weighted by Gasteiger charge is 2.25. The van der Waals surface area contributed by atoms with Gasteiger partial charge in [-0.3, -0.25) is 4.72 Å². The Morgan fingerprint density at radius 1 is 0.931 bits per heavy atom. The zero-order valence-corrected chi connectivity index (χ0v) is 17.2. The van der Waals surface area contributed by atoms with Gasteiger partial charge in [-0.05, 0) is 58.4 Å². The number of anilines is 1. The van der Waals surface area contributed by atoms with Gasteiger partial charge in [0.15, 0.2) is 5.76 Å². The third-order valence-corrected chi connectivity index (χ3v) is 5.73. The summed E-state index contributed by atoms with van der Waals surface area (Å²) in [6, 6.07) is 20.5. The summed E-state index contributed by atoms with van der Waals surface area (Å²) >= 11 is 3.42. The molecule has 0 saturated carbocycles. The Morgan fingerprint density at radius 2 is 1.66 bits per heavy atom. The van der Waals surface area contributed by atoms with Crippen LogP contribution in [0, 0.1) is 0 Å². The molecule has 1 N–H and O–H groups in total. The number of hydrogen-bond donors (Lipinski definition) is 1. The molecule has 0 fully saturated rings. The zero-order valence-electron chi connectivity index (χ0n) is 14.8. The standard InChI is InChI=1S/C21H14BrNO5S/c22-17-8-4-5-9-19(17)27-15-10-11-18-16(12-15)20(13-29(25,26)23-18)28-21(24)14-6-2-1-3-7-14/h1-13,23H. The largest absolute Gasteiger partial charge is 0.456 e. The van der Waals surface area contributed by atoms with Gasteiger partial charge in [0, 0.05) is 5.56 Å². The topological polar surface area (TPSA) is 81.7 Å². The quantitative estimate of drug-likeness (QED) is 0.531. The lowest BCUT2D eigenvalue weighted by Crippen LogP contribution is -2.18. The highest BCUT2D eigenvalue weighted by atomic mass is 79.9. The molecule has 8 heteroatoms. The predicted molar refractivity (Wildman–Crippen MR) is 113 cm³/mol. The molecule has 0 atom stereocenters. The van der Waals surface area contributed by atoms with Crippen molar-refractivity contribution in [2.75, 3.05) is 4.72 Å². The number of rotatable bonds is 4. The number of fused-ring (bicyclic) bond motifs is 1. The number of carbonyl (C=O) groups excluding carboxylic acids is 1. The van der Waals surface area contributed by atoms with E-state index in [0.29, 0.717) is 28.3 Å². The van der Waals surface area contributed by atoms with E-state index in [0.717, 1.165) is 9.88 Å². The molecule has 0 spiro atoms. The smallest absolute Gasteiger partial charge is 0.343 e. The van der Waals surface area contributed by atoms with Gasteiger partial charge < -0.3 is 9.47 Å². The summed E-state index contributed by atoms with van der Waals surface area (Å²) < 4.78 is 38.8. The normalized spacial score (nSPS) is 14.2. The molecule has 146 valence electrons. The van der Waals surface area contributed by atoms with Crippen LogP contribution in [0.2, 0.25) is 0 Å². The summed E-state index contributed by atoms with van der Waals surface area (Å²) in [7, 11) is -3.79. The number of esters is 1. The molecule has 0 aliphatic carbocycles. The minimum Gasteiger partial charge on any atom is -0.456 e. The van der Waals surface area contributed by atoms with Gasteiger partial charge in [-0.15, -0.1) is 0 Å². The number of carbonyl (C=O) groups is 1. The van der Waals surface area contributed by atoms with E-state index in [1.807, 2.05) is 18.2 Å². The summed E-state index contributed by atoms with van der Waals surface area (Å²) in [6.45, 7) is 0. The van der Waals surface area contributed by atoms with Crippen LogP contribution in [-0.4, -0.2) is 14.4 Å². The first kappa shape index (κ1) is 19.2. The second kappa shape index (κ2) is 7.73. The van der Waals surface area contributed by atoms with Crippen molar-refractivity contribution < 1.29 is 22.7 Å². The van der Waals surface area contributed by atoms with E-state index in [4.69, 9.17) is 9.47 Å². The molecule has 29 heavy (non-hydrogen) atoms. The van der Waals surface area contributed by atoms with Gasteiger partial charge in [-0.25, -0.2) is 13.2 Å². The Morgan fingerprint density at radius 3 is 2.41 bits per heavy atom. The molecular formula is C21H14BrNO5S. The summed E-state index contributed by atoms with van der Waals surface area (Å²) in [5.74, 6) is 0.316. The van der Waals surface area contributed by atoms with E-state index >= 15 is 0 Å². The number of ether oxygens (including phenoxy) is 2. The molecule has 1 aliphatic heterocycles. The number of nitrogens with one attached hydrogen (secondary N) is 1. The number of benzene rings is 3. The molecule has 0 saturated heterocycles. The van der Waals surface area contributed by atoms with Crippen LogP contribution in [0.5, 0.6) is 11.5 Å². The van der Waals surface area contributed by atoms with Crippen LogP contribution < -0.4 is 9.46 Å². The fraction of sp³-hybridized carbons (Fsp3) is 0. The molecule has 6 nitrogen and oxygen atoms in total. The van der Waals surface area contributed by atoms with Crippen LogP contribution in [0.15, 0.2) is 82.7 Å². The second-order valence-corrected chi connectivity index (χ2v) is 8.51. The number of halogens is 1. The van der Waals surface area contributed by atoms with Crippen molar-refractivity contribution >= 4 is 43.4 Å². The number of para-hydroxylation sites is 1. The molecule has 1 aliphatic rings. The van der Waals surface area contributed by atoms with Crippen molar-refractivity contribution in [3.05, 3.63) is 93.8 Å². The highest BCUT2D eigenvalue weighted by Crippen LogP contribution is 2.37. The van der Waals surface area contributed by atoms with E-state index in [9.17, 15) is 13.2 Å². The SMILES string of the molecule is O=C(OC1=CS(=O)(=O)Nc2ccc(Oc3ccccc3Br)cc21)c1ccccc1. The molecule has 4 rings (SSSR count). The molecule has 3 aromatic rings. The van der Waals surface area contributed by atoms with Gasteiger partial charge in [0.1, 0.15) is 11.5 Å². The van der Waals surface area contributed by atoms with Crippen molar-refractivity contribution in [3.8, 4) is 11.5 Å². The fourth-order valence-electron chi connectivity index (χ4n) is 2.73. The molecule has 0 bridgehead atoms. The number of sulfonamides is 1. The summed E-state index contributed by atoms with van der Waals surface area (Å²) in [5, 5.41) is 0.887. The molecule has 0 amide bonds. The summed E-state index contributed by atoms with van der Waals surface area (Å²) in [6.07, 6.45) is 0. The van der Waals surface area contributed by atoms with E-state index in [2.05, 4.69) is 20.7 Å². The molecule has 0 unspecified atom stereocenters. The maximum atomic E-state index is 12.4. The lowest BCUT2D eigenvalue weighted by Gasteiger charge is -2.20. The van der Waals surface area contributed by atoms with Gasteiger partial charge in [0.2, 0.25) is 0 Å². The highest BCUT2D eigenvalue weighted by molar-refractivity contribution is 9.10. The lowest BCUT2D eigenvalue weighted by molar-refractivity contribution is 0.0692. The Kier molecular flexibility index (Phi) is 5.12. The molecule has 1 heterocycles. The monoisotopic (exact) mass is 471 g/mol. The maximum Gasteiger partial charge on any atom is 0.343 e. The molecule has 3 aromatic carbocycles. The van der Waals surface area contributed by atoms with Crippen LogP contribution in [0.3, 0.4) is 0 Å². The molecule has 0 aromatic heterocycles. The average molecular weight is 472 g/mol. The maximum absolute atomic E-state index is 12.4. The van der Waals surface area contributed by atoms with Gasteiger partial charge >= 0.3 is 5.97 Å². The summed E-state index contributed by atoms with van der Waals surface area (Å²) in [4.78, 5) is 12.4. The predicted octanol–water partition coefficient (Wildman–Crippen LogP) is 5.15. The Balaban J connectivity index is 1.69.